The molecule has 0 aromatic heterocycles. The molecule has 132 valence electrons. The van der Waals surface area contributed by atoms with Crippen molar-refractivity contribution in [3.63, 3.8) is 0 Å². The summed E-state index contributed by atoms with van der Waals surface area (Å²) in [5.41, 5.74) is -1.07. The van der Waals surface area contributed by atoms with Gasteiger partial charge in [-0.1, -0.05) is 0 Å². The molecule has 0 atom stereocenters. The van der Waals surface area contributed by atoms with Gasteiger partial charge in [-0.05, 0) is 27.7 Å². The minimum absolute atomic E-state index is 0.100. The topological polar surface area (TPSA) is 119 Å². The normalized spacial score (nSPS) is 11.1. The molecular formula is C15H22N4O5. The van der Waals surface area contributed by atoms with Crippen molar-refractivity contribution in [1.82, 2.24) is 10.2 Å². The third kappa shape index (κ3) is 5.27. The van der Waals surface area contributed by atoms with Gasteiger partial charge in [-0.25, -0.2) is 0 Å². The molecule has 9 nitrogen and oxygen atoms in total. The molecule has 1 aromatic rings. The van der Waals surface area contributed by atoms with Gasteiger partial charge in [-0.2, -0.15) is 0 Å². The van der Waals surface area contributed by atoms with Crippen LogP contribution in [-0.2, 0) is 0 Å². The van der Waals surface area contributed by atoms with Gasteiger partial charge in [0.05, 0.1) is 21.5 Å². The Kier molecular flexibility index (Phi) is 6.78. The number of rotatable bonds is 8. The number of non-ortho nitro benzene ring substituents is 2. The molecule has 0 spiro atoms. The van der Waals surface area contributed by atoms with Crippen LogP contribution in [0.2, 0.25) is 0 Å². The van der Waals surface area contributed by atoms with Crippen LogP contribution in [0.3, 0.4) is 0 Å². The molecule has 0 aliphatic rings. The molecule has 1 N–H and O–H groups in total. The fourth-order valence-electron chi connectivity index (χ4n) is 2.45. The zero-order chi connectivity index (χ0) is 18.4. The molecule has 0 saturated carbocycles. The second kappa shape index (κ2) is 8.34. The molecule has 1 aromatic carbocycles. The fraction of sp³-hybridized carbons (Fsp3) is 0.533. The van der Waals surface area contributed by atoms with Crippen LogP contribution in [0.25, 0.3) is 0 Å². The van der Waals surface area contributed by atoms with E-state index in [2.05, 4.69) is 10.2 Å². The minimum Gasteiger partial charge on any atom is -0.351 e. The van der Waals surface area contributed by atoms with Crippen molar-refractivity contribution in [1.29, 1.82) is 0 Å². The van der Waals surface area contributed by atoms with Crippen LogP contribution < -0.4 is 5.32 Å². The lowest BCUT2D eigenvalue weighted by Crippen LogP contribution is -2.42. The average Bonchev–Trinajstić information content (AvgIpc) is 2.49. The van der Waals surface area contributed by atoms with Gasteiger partial charge in [0.2, 0.25) is 0 Å². The number of nitrogens with zero attached hydrogens (tertiary/aromatic N) is 3. The lowest BCUT2D eigenvalue weighted by atomic mass is 10.1. The molecule has 0 bridgehead atoms. The Labute approximate surface area is 139 Å². The molecule has 0 unspecified atom stereocenters. The van der Waals surface area contributed by atoms with Crippen LogP contribution in [-0.4, -0.2) is 45.8 Å². The van der Waals surface area contributed by atoms with Gasteiger partial charge in [-0.15, -0.1) is 0 Å². The second-order valence-electron chi connectivity index (χ2n) is 5.93. The van der Waals surface area contributed by atoms with E-state index in [1.165, 1.54) is 0 Å². The molecule has 1 rings (SSSR count). The Morgan fingerprint density at radius 2 is 1.50 bits per heavy atom. The monoisotopic (exact) mass is 338 g/mol. The molecule has 0 saturated heterocycles. The maximum absolute atomic E-state index is 12.1. The second-order valence-corrected chi connectivity index (χ2v) is 5.93. The van der Waals surface area contributed by atoms with Crippen molar-refractivity contribution in [2.45, 2.75) is 39.8 Å². The minimum atomic E-state index is -0.761. The summed E-state index contributed by atoms with van der Waals surface area (Å²) in [7, 11) is 0. The van der Waals surface area contributed by atoms with Gasteiger partial charge in [0.15, 0.2) is 0 Å². The molecule has 0 aliphatic carbocycles. The number of hydrogen-bond donors (Lipinski definition) is 1. The Morgan fingerprint density at radius 3 is 1.88 bits per heavy atom. The first kappa shape index (κ1) is 19.5. The van der Waals surface area contributed by atoms with Crippen LogP contribution in [0.5, 0.6) is 0 Å². The zero-order valence-corrected chi connectivity index (χ0v) is 14.2. The van der Waals surface area contributed by atoms with E-state index in [1.54, 1.807) is 0 Å². The van der Waals surface area contributed by atoms with E-state index in [0.29, 0.717) is 25.2 Å². The van der Waals surface area contributed by atoms with E-state index >= 15 is 0 Å². The van der Waals surface area contributed by atoms with Crippen LogP contribution in [0.1, 0.15) is 38.1 Å². The van der Waals surface area contributed by atoms with Gasteiger partial charge in [0, 0.05) is 37.3 Å². The van der Waals surface area contributed by atoms with E-state index in [-0.39, 0.29) is 5.56 Å². The molecule has 1 amide bonds. The number of amides is 1. The number of carbonyl (C=O) groups is 1. The van der Waals surface area contributed by atoms with Crippen molar-refractivity contribution in [3.05, 3.63) is 44.0 Å². The first-order valence-electron chi connectivity index (χ1n) is 7.61. The van der Waals surface area contributed by atoms with Crippen LogP contribution >= 0.6 is 0 Å². The van der Waals surface area contributed by atoms with Gasteiger partial charge in [0.25, 0.3) is 17.3 Å². The Morgan fingerprint density at radius 1 is 1.04 bits per heavy atom. The van der Waals surface area contributed by atoms with Crippen LogP contribution in [0, 0.1) is 20.2 Å². The molecular weight excluding hydrogens is 316 g/mol. The predicted octanol–water partition coefficient (Wildman–Crippen LogP) is 2.35. The van der Waals surface area contributed by atoms with Crippen molar-refractivity contribution in [2.24, 2.45) is 0 Å². The highest BCUT2D eigenvalue weighted by atomic mass is 16.6. The standard InChI is InChI=1S/C15H22N4O5/c1-10(2)17(11(3)4)6-5-16-15(20)12-7-13(18(21)22)9-14(8-12)19(23)24/h7-11H,5-6H2,1-4H3,(H,16,20). The van der Waals surface area contributed by atoms with Crippen LogP contribution in [0.4, 0.5) is 11.4 Å². The highest BCUT2D eigenvalue weighted by Gasteiger charge is 2.20. The molecule has 0 radical (unpaired) electrons. The summed E-state index contributed by atoms with van der Waals surface area (Å²) in [6, 6.07) is 3.51. The maximum atomic E-state index is 12.1. The summed E-state index contributed by atoms with van der Waals surface area (Å²) in [5.74, 6) is -0.575. The quantitative estimate of drug-likeness (QED) is 0.574. The summed E-state index contributed by atoms with van der Waals surface area (Å²) >= 11 is 0. The molecule has 0 aliphatic heterocycles. The first-order chi connectivity index (χ1) is 11.1. The number of nitro groups is 2. The highest BCUT2D eigenvalue weighted by molar-refractivity contribution is 5.95. The van der Waals surface area contributed by atoms with E-state index in [9.17, 15) is 25.0 Å². The molecule has 24 heavy (non-hydrogen) atoms. The fourth-order valence-corrected chi connectivity index (χ4v) is 2.45. The Bertz CT molecular complexity index is 590. The van der Waals surface area contributed by atoms with Crippen molar-refractivity contribution >= 4 is 17.3 Å². The summed E-state index contributed by atoms with van der Waals surface area (Å²) in [6.45, 7) is 9.14. The van der Waals surface area contributed by atoms with Crippen molar-refractivity contribution < 1.29 is 14.6 Å². The highest BCUT2D eigenvalue weighted by Crippen LogP contribution is 2.22. The summed E-state index contributed by atoms with van der Waals surface area (Å²) in [4.78, 5) is 34.5. The lowest BCUT2D eigenvalue weighted by molar-refractivity contribution is -0.394. The number of carbonyl (C=O) groups excluding carboxylic acids is 1. The molecule has 9 heteroatoms. The number of hydrogen-bond acceptors (Lipinski definition) is 6. The van der Waals surface area contributed by atoms with Crippen molar-refractivity contribution in [3.8, 4) is 0 Å². The summed E-state index contributed by atoms with van der Waals surface area (Å²) < 4.78 is 0. The SMILES string of the molecule is CC(C)N(CCNC(=O)c1cc([N+](=O)[O-])cc([N+](=O)[O-])c1)C(C)C. The predicted molar refractivity (Wildman–Crippen MR) is 89.1 cm³/mol. The van der Waals surface area contributed by atoms with Crippen LogP contribution in [0.15, 0.2) is 18.2 Å². The number of nitrogens with one attached hydrogen (secondary N) is 1. The van der Waals surface area contributed by atoms with Gasteiger partial charge in [0.1, 0.15) is 0 Å². The summed E-state index contributed by atoms with van der Waals surface area (Å²) in [5, 5.41) is 24.3. The summed E-state index contributed by atoms with van der Waals surface area (Å²) in [6.07, 6.45) is 0. The molecule has 0 heterocycles. The largest absolute Gasteiger partial charge is 0.351 e. The van der Waals surface area contributed by atoms with Gasteiger partial charge in [-0.3, -0.25) is 29.9 Å². The Balaban J connectivity index is 2.84. The van der Waals surface area contributed by atoms with E-state index in [1.807, 2.05) is 27.7 Å². The van der Waals surface area contributed by atoms with E-state index in [0.717, 1.165) is 18.2 Å². The Hall–Kier alpha value is -2.55. The maximum Gasteiger partial charge on any atom is 0.277 e. The third-order valence-electron chi connectivity index (χ3n) is 3.57. The number of benzene rings is 1. The van der Waals surface area contributed by atoms with Crippen molar-refractivity contribution in [2.75, 3.05) is 13.1 Å². The van der Waals surface area contributed by atoms with Gasteiger partial charge >= 0.3 is 0 Å². The zero-order valence-electron chi connectivity index (χ0n) is 14.2. The first-order valence-corrected chi connectivity index (χ1v) is 7.61. The van der Waals surface area contributed by atoms with E-state index < -0.39 is 27.1 Å². The molecule has 0 fully saturated rings. The average molecular weight is 338 g/mol. The van der Waals surface area contributed by atoms with Gasteiger partial charge < -0.3 is 5.32 Å². The smallest absolute Gasteiger partial charge is 0.277 e. The van der Waals surface area contributed by atoms with E-state index in [4.69, 9.17) is 0 Å². The third-order valence-corrected chi connectivity index (χ3v) is 3.57. The lowest BCUT2D eigenvalue weighted by Gasteiger charge is -2.30. The number of nitro benzene ring substituents is 2.